The zero-order chi connectivity index (χ0) is 15.2. The van der Waals surface area contributed by atoms with Crippen molar-refractivity contribution in [2.75, 3.05) is 0 Å². The van der Waals surface area contributed by atoms with E-state index >= 15 is 0 Å². The molecule has 2 unspecified atom stereocenters. The number of rotatable bonds is 3. The first kappa shape index (κ1) is 14.6. The van der Waals surface area contributed by atoms with Crippen molar-refractivity contribution in [1.29, 1.82) is 0 Å². The Kier molecular flexibility index (Phi) is 3.71. The molecular formula is C20H20Cl2. The summed E-state index contributed by atoms with van der Waals surface area (Å²) in [6.07, 6.45) is 6.65. The monoisotopic (exact) mass is 330 g/mol. The van der Waals surface area contributed by atoms with Gasteiger partial charge in [0.2, 0.25) is 0 Å². The predicted molar refractivity (Wildman–Crippen MR) is 93.9 cm³/mol. The van der Waals surface area contributed by atoms with Crippen molar-refractivity contribution < 1.29 is 0 Å². The van der Waals surface area contributed by atoms with Crippen LogP contribution in [0.1, 0.15) is 49.1 Å². The summed E-state index contributed by atoms with van der Waals surface area (Å²) in [5, 5.41) is 1.66. The lowest BCUT2D eigenvalue weighted by atomic mass is 9.48. The van der Waals surface area contributed by atoms with Crippen molar-refractivity contribution in [3.05, 3.63) is 69.7 Å². The summed E-state index contributed by atoms with van der Waals surface area (Å²) in [5.74, 6) is 1.46. The molecular weight excluding hydrogens is 311 g/mol. The number of halogens is 2. The van der Waals surface area contributed by atoms with Gasteiger partial charge in [-0.3, -0.25) is 0 Å². The average molecular weight is 331 g/mol. The van der Waals surface area contributed by atoms with Gasteiger partial charge in [0.05, 0.1) is 0 Å². The molecule has 0 nitrogen and oxygen atoms in total. The first-order chi connectivity index (χ1) is 10.7. The third kappa shape index (κ3) is 2.28. The standard InChI is InChI=1S/C20H20Cl2/c21-16-6-2-14(3-7-16)18-10-11-19(18)20(12-1-13-20)15-4-8-17(22)9-5-15/h2-9,18-19H,1,10-13H2. The second kappa shape index (κ2) is 5.58. The Balaban J connectivity index is 1.64. The van der Waals surface area contributed by atoms with Gasteiger partial charge >= 0.3 is 0 Å². The van der Waals surface area contributed by atoms with E-state index in [0.717, 1.165) is 16.0 Å². The van der Waals surface area contributed by atoms with E-state index in [9.17, 15) is 0 Å². The summed E-state index contributed by atoms with van der Waals surface area (Å²) in [4.78, 5) is 0. The lowest BCUT2D eigenvalue weighted by Gasteiger charge is -2.56. The topological polar surface area (TPSA) is 0 Å². The van der Waals surface area contributed by atoms with Crippen LogP contribution in [0.25, 0.3) is 0 Å². The molecule has 0 radical (unpaired) electrons. The van der Waals surface area contributed by atoms with E-state index < -0.39 is 0 Å². The Morgan fingerprint density at radius 3 is 1.82 bits per heavy atom. The van der Waals surface area contributed by atoms with Gasteiger partial charge in [-0.15, -0.1) is 0 Å². The number of benzene rings is 2. The van der Waals surface area contributed by atoms with Crippen molar-refractivity contribution in [2.45, 2.75) is 43.4 Å². The molecule has 0 saturated heterocycles. The molecule has 2 saturated carbocycles. The smallest absolute Gasteiger partial charge is 0.0406 e. The zero-order valence-electron chi connectivity index (χ0n) is 12.6. The van der Waals surface area contributed by atoms with Gasteiger partial charge in [-0.05, 0) is 78.3 Å². The second-order valence-corrected chi connectivity index (χ2v) is 7.73. The third-order valence-corrected chi connectivity index (χ3v) is 6.45. The maximum absolute atomic E-state index is 6.08. The van der Waals surface area contributed by atoms with Gasteiger partial charge in [-0.2, -0.15) is 0 Å². The van der Waals surface area contributed by atoms with Crippen molar-refractivity contribution in [1.82, 2.24) is 0 Å². The fourth-order valence-corrected chi connectivity index (χ4v) is 4.74. The van der Waals surface area contributed by atoms with Gasteiger partial charge in [0, 0.05) is 10.0 Å². The molecule has 2 aliphatic rings. The van der Waals surface area contributed by atoms with Crippen LogP contribution >= 0.6 is 23.2 Å². The summed E-state index contributed by atoms with van der Waals surface area (Å²) in [6, 6.07) is 17.1. The Hall–Kier alpha value is -0.980. The molecule has 0 amide bonds. The minimum absolute atomic E-state index is 0.382. The second-order valence-electron chi connectivity index (χ2n) is 6.86. The van der Waals surface area contributed by atoms with E-state index in [-0.39, 0.29) is 0 Å². The van der Waals surface area contributed by atoms with Gasteiger partial charge in [0.15, 0.2) is 0 Å². The van der Waals surface area contributed by atoms with Gasteiger partial charge < -0.3 is 0 Å². The largest absolute Gasteiger partial charge is 0.0843 e. The fraction of sp³-hybridized carbons (Fsp3) is 0.400. The first-order valence-corrected chi connectivity index (χ1v) is 8.96. The molecule has 2 aromatic carbocycles. The van der Waals surface area contributed by atoms with Crippen LogP contribution in [0.5, 0.6) is 0 Å². The number of hydrogen-bond acceptors (Lipinski definition) is 0. The van der Waals surface area contributed by atoms with Gasteiger partial charge in [0.25, 0.3) is 0 Å². The Bertz CT molecular complexity index is 653. The molecule has 0 N–H and O–H groups in total. The van der Waals surface area contributed by atoms with Crippen LogP contribution in [0.2, 0.25) is 10.0 Å². The first-order valence-electron chi connectivity index (χ1n) is 8.20. The summed E-state index contributed by atoms with van der Waals surface area (Å²) in [6.45, 7) is 0. The third-order valence-electron chi connectivity index (χ3n) is 5.95. The Morgan fingerprint density at radius 1 is 0.773 bits per heavy atom. The normalized spacial score (nSPS) is 26.1. The molecule has 2 heteroatoms. The van der Waals surface area contributed by atoms with Crippen LogP contribution in [-0.2, 0) is 5.41 Å². The molecule has 2 fully saturated rings. The SMILES string of the molecule is Clc1ccc(C2CCC2C2(c3ccc(Cl)cc3)CCC2)cc1. The molecule has 4 rings (SSSR count). The highest BCUT2D eigenvalue weighted by Crippen LogP contribution is 2.60. The lowest BCUT2D eigenvalue weighted by molar-refractivity contribution is 0.0576. The van der Waals surface area contributed by atoms with E-state index in [2.05, 4.69) is 24.3 Å². The quantitative estimate of drug-likeness (QED) is 0.594. The van der Waals surface area contributed by atoms with Crippen molar-refractivity contribution in [3.63, 3.8) is 0 Å². The molecule has 2 atom stereocenters. The molecule has 22 heavy (non-hydrogen) atoms. The van der Waals surface area contributed by atoms with E-state index in [0.29, 0.717) is 11.3 Å². The van der Waals surface area contributed by atoms with Crippen LogP contribution in [0.4, 0.5) is 0 Å². The highest BCUT2D eigenvalue weighted by atomic mass is 35.5. The van der Waals surface area contributed by atoms with E-state index in [4.69, 9.17) is 23.2 Å². The van der Waals surface area contributed by atoms with E-state index in [1.807, 2.05) is 24.3 Å². The minimum Gasteiger partial charge on any atom is -0.0843 e. The molecule has 0 aliphatic heterocycles. The van der Waals surface area contributed by atoms with Gasteiger partial charge in [0.1, 0.15) is 0 Å². The average Bonchev–Trinajstić information content (AvgIpc) is 2.45. The van der Waals surface area contributed by atoms with Crippen LogP contribution in [0, 0.1) is 5.92 Å². The number of hydrogen-bond donors (Lipinski definition) is 0. The van der Waals surface area contributed by atoms with E-state index in [1.165, 1.54) is 43.2 Å². The maximum Gasteiger partial charge on any atom is 0.0406 e. The molecule has 114 valence electrons. The molecule has 0 bridgehead atoms. The van der Waals surface area contributed by atoms with Crippen LogP contribution in [0.15, 0.2) is 48.5 Å². The van der Waals surface area contributed by atoms with Crippen molar-refractivity contribution in [3.8, 4) is 0 Å². The highest BCUT2D eigenvalue weighted by Gasteiger charge is 2.51. The summed E-state index contributed by atoms with van der Waals surface area (Å²) < 4.78 is 0. The molecule has 2 aromatic rings. The highest BCUT2D eigenvalue weighted by molar-refractivity contribution is 6.30. The summed E-state index contributed by atoms with van der Waals surface area (Å²) >= 11 is 12.1. The minimum atomic E-state index is 0.382. The molecule has 2 aliphatic carbocycles. The van der Waals surface area contributed by atoms with Crippen LogP contribution in [-0.4, -0.2) is 0 Å². The molecule has 0 heterocycles. The van der Waals surface area contributed by atoms with Gasteiger partial charge in [-0.1, -0.05) is 53.9 Å². The predicted octanol–water partition coefficient (Wildman–Crippen LogP) is 6.61. The van der Waals surface area contributed by atoms with Crippen molar-refractivity contribution in [2.24, 2.45) is 5.92 Å². The van der Waals surface area contributed by atoms with E-state index in [1.54, 1.807) is 0 Å². The maximum atomic E-state index is 6.08. The molecule has 0 spiro atoms. The summed E-state index contributed by atoms with van der Waals surface area (Å²) in [7, 11) is 0. The molecule has 0 aromatic heterocycles. The fourth-order valence-electron chi connectivity index (χ4n) is 4.48. The lowest BCUT2D eigenvalue weighted by Crippen LogP contribution is -2.48. The summed E-state index contributed by atoms with van der Waals surface area (Å²) in [5.41, 5.74) is 3.33. The Labute approximate surface area is 142 Å². The van der Waals surface area contributed by atoms with Crippen molar-refractivity contribution >= 4 is 23.2 Å². The van der Waals surface area contributed by atoms with Gasteiger partial charge in [-0.25, -0.2) is 0 Å². The van der Waals surface area contributed by atoms with Crippen LogP contribution < -0.4 is 0 Å². The Morgan fingerprint density at radius 2 is 1.36 bits per heavy atom. The van der Waals surface area contributed by atoms with Crippen LogP contribution in [0.3, 0.4) is 0 Å². The zero-order valence-corrected chi connectivity index (χ0v) is 14.1.